The van der Waals surface area contributed by atoms with Crippen molar-refractivity contribution in [3.63, 3.8) is 0 Å². The van der Waals surface area contributed by atoms with E-state index in [1.165, 1.54) is 13.1 Å². The van der Waals surface area contributed by atoms with Crippen molar-refractivity contribution in [2.24, 2.45) is 7.05 Å². The van der Waals surface area contributed by atoms with Gasteiger partial charge in [0.25, 0.3) is 5.91 Å². The molecule has 1 aromatic heterocycles. The molecule has 0 atom stereocenters. The molecular weight excluding hydrogens is 416 g/mol. The second-order valence-corrected chi connectivity index (χ2v) is 6.58. The maximum absolute atomic E-state index is 12.9. The molecule has 1 heterocycles. The van der Waals surface area contributed by atoms with Gasteiger partial charge in [0.2, 0.25) is 0 Å². The van der Waals surface area contributed by atoms with E-state index < -0.39 is 22.8 Å². The predicted octanol–water partition coefficient (Wildman–Crippen LogP) is 5.74. The summed E-state index contributed by atoms with van der Waals surface area (Å²) in [4.78, 5) is 12.7. The van der Waals surface area contributed by atoms with E-state index in [1.807, 2.05) is 0 Å². The van der Waals surface area contributed by atoms with E-state index in [0.717, 1.165) is 4.68 Å². The van der Waals surface area contributed by atoms with Crippen LogP contribution < -0.4 is 10.6 Å². The van der Waals surface area contributed by atoms with Crippen LogP contribution in [-0.4, -0.2) is 15.7 Å². The second kappa shape index (κ2) is 7.73. The van der Waals surface area contributed by atoms with Gasteiger partial charge in [0.05, 0.1) is 11.3 Å². The Hall–Kier alpha value is -2.71. The number of halogens is 5. The summed E-state index contributed by atoms with van der Waals surface area (Å²) in [6.45, 7) is 0. The molecule has 0 aliphatic carbocycles. The normalized spacial score (nSPS) is 11.4. The molecule has 146 valence electrons. The summed E-state index contributed by atoms with van der Waals surface area (Å²) in [7, 11) is 1.26. The maximum atomic E-state index is 12.9. The highest BCUT2D eigenvalue weighted by Gasteiger charge is 2.39. The van der Waals surface area contributed by atoms with Crippen molar-refractivity contribution < 1.29 is 18.0 Å². The van der Waals surface area contributed by atoms with E-state index in [-0.39, 0.29) is 11.4 Å². The van der Waals surface area contributed by atoms with E-state index in [2.05, 4.69) is 15.7 Å². The van der Waals surface area contributed by atoms with Gasteiger partial charge in [0.15, 0.2) is 11.5 Å². The largest absolute Gasteiger partial charge is 0.436 e. The van der Waals surface area contributed by atoms with Crippen molar-refractivity contribution in [3.8, 4) is 0 Å². The number of para-hydroxylation sites is 1. The molecule has 28 heavy (non-hydrogen) atoms. The van der Waals surface area contributed by atoms with Crippen LogP contribution >= 0.6 is 23.2 Å². The molecule has 0 aliphatic heterocycles. The minimum atomic E-state index is -4.73. The SMILES string of the molecule is Cn1nc(C(F)(F)F)c(Cl)c1NC(=O)c1ccccc1Nc1cccc(Cl)c1. The second-order valence-electron chi connectivity index (χ2n) is 5.77. The monoisotopic (exact) mass is 428 g/mol. The molecule has 2 aromatic carbocycles. The molecule has 0 aliphatic rings. The fourth-order valence-corrected chi connectivity index (χ4v) is 3.01. The number of rotatable bonds is 4. The van der Waals surface area contributed by atoms with Gasteiger partial charge < -0.3 is 10.6 Å². The number of aryl methyl sites for hydroxylation is 1. The smallest absolute Gasteiger partial charge is 0.355 e. The van der Waals surface area contributed by atoms with Crippen molar-refractivity contribution in [1.29, 1.82) is 0 Å². The van der Waals surface area contributed by atoms with E-state index in [9.17, 15) is 18.0 Å². The molecule has 0 unspecified atom stereocenters. The van der Waals surface area contributed by atoms with Crippen LogP contribution in [0.3, 0.4) is 0 Å². The topological polar surface area (TPSA) is 59.0 Å². The molecule has 3 aromatic rings. The molecule has 10 heteroatoms. The van der Waals surface area contributed by atoms with Crippen molar-refractivity contribution in [3.05, 3.63) is 69.8 Å². The van der Waals surface area contributed by atoms with Gasteiger partial charge in [0, 0.05) is 17.8 Å². The first-order chi connectivity index (χ1) is 13.2. The zero-order valence-electron chi connectivity index (χ0n) is 14.3. The summed E-state index contributed by atoms with van der Waals surface area (Å²) in [5, 5.41) is 8.62. The molecule has 3 rings (SSSR count). The lowest BCUT2D eigenvalue weighted by molar-refractivity contribution is -0.141. The van der Waals surface area contributed by atoms with Crippen LogP contribution in [0.1, 0.15) is 16.1 Å². The number of anilines is 3. The first-order valence-corrected chi connectivity index (χ1v) is 8.65. The highest BCUT2D eigenvalue weighted by molar-refractivity contribution is 6.34. The number of aromatic nitrogens is 2. The fourth-order valence-electron chi connectivity index (χ4n) is 2.50. The Labute approximate surface area is 168 Å². The molecule has 5 nitrogen and oxygen atoms in total. The minimum absolute atomic E-state index is 0.202. The molecule has 0 saturated heterocycles. The van der Waals surface area contributed by atoms with Gasteiger partial charge >= 0.3 is 6.18 Å². The Morgan fingerprint density at radius 1 is 1.11 bits per heavy atom. The lowest BCUT2D eigenvalue weighted by Crippen LogP contribution is -2.16. The third-order valence-electron chi connectivity index (χ3n) is 3.77. The van der Waals surface area contributed by atoms with Crippen LogP contribution in [0.2, 0.25) is 10.0 Å². The number of amides is 1. The van der Waals surface area contributed by atoms with Crippen LogP contribution in [-0.2, 0) is 13.2 Å². The van der Waals surface area contributed by atoms with E-state index in [1.54, 1.807) is 42.5 Å². The third kappa shape index (κ3) is 4.23. The summed E-state index contributed by atoms with van der Waals surface area (Å²) in [6.07, 6.45) is -4.73. The number of carbonyl (C=O) groups excluding carboxylic acids is 1. The van der Waals surface area contributed by atoms with Crippen molar-refractivity contribution in [1.82, 2.24) is 9.78 Å². The number of benzene rings is 2. The Bertz CT molecular complexity index is 1030. The van der Waals surface area contributed by atoms with E-state index in [4.69, 9.17) is 23.2 Å². The molecule has 2 N–H and O–H groups in total. The maximum Gasteiger partial charge on any atom is 0.436 e. The Balaban J connectivity index is 1.90. The molecule has 0 radical (unpaired) electrons. The summed E-state index contributed by atoms with van der Waals surface area (Å²) >= 11 is 11.7. The quantitative estimate of drug-likeness (QED) is 0.556. The summed E-state index contributed by atoms with van der Waals surface area (Å²) in [5.74, 6) is -0.902. The highest BCUT2D eigenvalue weighted by Crippen LogP contribution is 2.37. The van der Waals surface area contributed by atoms with Crippen LogP contribution in [0.4, 0.5) is 30.4 Å². The van der Waals surface area contributed by atoms with Gasteiger partial charge in [-0.05, 0) is 30.3 Å². The number of carbonyl (C=O) groups is 1. The summed E-state index contributed by atoms with van der Waals surface area (Å²) < 4.78 is 39.7. The van der Waals surface area contributed by atoms with Crippen LogP contribution in [0.5, 0.6) is 0 Å². The van der Waals surface area contributed by atoms with Gasteiger partial charge in [-0.1, -0.05) is 41.4 Å². The first-order valence-electron chi connectivity index (χ1n) is 7.89. The summed E-state index contributed by atoms with van der Waals surface area (Å²) in [6, 6.07) is 13.4. The van der Waals surface area contributed by atoms with Crippen molar-refractivity contribution in [2.75, 3.05) is 10.6 Å². The van der Waals surface area contributed by atoms with Gasteiger partial charge in [-0.15, -0.1) is 0 Å². The van der Waals surface area contributed by atoms with Crippen LogP contribution in [0.25, 0.3) is 0 Å². The van der Waals surface area contributed by atoms with Crippen LogP contribution in [0, 0.1) is 0 Å². The molecule has 1 amide bonds. The fraction of sp³-hybridized carbons (Fsp3) is 0.111. The first kappa shape index (κ1) is 20.0. The Morgan fingerprint density at radius 2 is 1.82 bits per heavy atom. The number of alkyl halides is 3. The van der Waals surface area contributed by atoms with Crippen molar-refractivity contribution >= 4 is 46.3 Å². The predicted molar refractivity (Wildman–Crippen MR) is 102 cm³/mol. The van der Waals surface area contributed by atoms with Gasteiger partial charge in [-0.25, -0.2) is 0 Å². The third-order valence-corrected chi connectivity index (χ3v) is 4.36. The standard InChI is InChI=1S/C18H13Cl2F3N4O/c1-27-16(14(20)15(26-27)18(21,22)23)25-17(28)12-7-2-3-8-13(12)24-11-6-4-5-10(19)9-11/h2-9,24H,1H3,(H,25,28). The van der Waals surface area contributed by atoms with Gasteiger partial charge in [-0.2, -0.15) is 18.3 Å². The number of hydrogen-bond donors (Lipinski definition) is 2. The van der Waals surface area contributed by atoms with Crippen LogP contribution in [0.15, 0.2) is 48.5 Å². The zero-order chi connectivity index (χ0) is 20.5. The average molecular weight is 429 g/mol. The summed E-state index contributed by atoms with van der Waals surface area (Å²) in [5.41, 5.74) is 0.0212. The Morgan fingerprint density at radius 3 is 2.46 bits per heavy atom. The zero-order valence-corrected chi connectivity index (χ0v) is 15.8. The highest BCUT2D eigenvalue weighted by atomic mass is 35.5. The number of nitrogens with one attached hydrogen (secondary N) is 2. The minimum Gasteiger partial charge on any atom is -0.355 e. The molecule has 0 spiro atoms. The molecule has 0 bridgehead atoms. The Kier molecular flexibility index (Phi) is 5.53. The van der Waals surface area contributed by atoms with E-state index in [0.29, 0.717) is 16.4 Å². The number of nitrogens with zero attached hydrogens (tertiary/aromatic N) is 2. The average Bonchev–Trinajstić information content (AvgIpc) is 2.90. The van der Waals surface area contributed by atoms with Gasteiger partial charge in [-0.3, -0.25) is 9.48 Å². The van der Waals surface area contributed by atoms with Gasteiger partial charge in [0.1, 0.15) is 5.02 Å². The molecule has 0 saturated carbocycles. The molecule has 0 fully saturated rings. The van der Waals surface area contributed by atoms with Crippen molar-refractivity contribution in [2.45, 2.75) is 6.18 Å². The van der Waals surface area contributed by atoms with E-state index >= 15 is 0 Å². The lowest BCUT2D eigenvalue weighted by atomic mass is 10.1. The number of hydrogen-bond acceptors (Lipinski definition) is 3. The molecular formula is C18H13Cl2F3N4O. The lowest BCUT2D eigenvalue weighted by Gasteiger charge is -2.13.